The Morgan fingerprint density at radius 1 is 1.26 bits per heavy atom. The van der Waals surface area contributed by atoms with E-state index in [0.717, 1.165) is 5.56 Å². The van der Waals surface area contributed by atoms with Crippen LogP contribution < -0.4 is 10.1 Å². The van der Waals surface area contributed by atoms with Gasteiger partial charge < -0.3 is 10.1 Å². The number of pyridine rings is 1. The lowest BCUT2D eigenvalue weighted by Gasteiger charge is -2.19. The summed E-state index contributed by atoms with van der Waals surface area (Å²) in [5.41, 5.74) is 1.34. The van der Waals surface area contributed by atoms with Gasteiger partial charge in [0.15, 0.2) is 0 Å². The van der Waals surface area contributed by atoms with E-state index in [-0.39, 0.29) is 11.9 Å². The van der Waals surface area contributed by atoms with Crippen molar-refractivity contribution in [1.29, 1.82) is 0 Å². The molecule has 0 fully saturated rings. The third kappa shape index (κ3) is 2.77. The van der Waals surface area contributed by atoms with Crippen LogP contribution in [0.4, 0.5) is 4.39 Å². The first kappa shape index (κ1) is 14.0. The van der Waals surface area contributed by atoms with Crippen molar-refractivity contribution < 1.29 is 9.13 Å². The van der Waals surface area contributed by atoms with Crippen LogP contribution in [0.15, 0.2) is 41.0 Å². The number of aromatic nitrogens is 1. The van der Waals surface area contributed by atoms with E-state index in [4.69, 9.17) is 4.74 Å². The maximum Gasteiger partial charge on any atom is 0.218 e. The topological polar surface area (TPSA) is 34.2 Å². The molecule has 0 aliphatic heterocycles. The largest absolute Gasteiger partial charge is 0.481 e. The molecule has 1 unspecified atom stereocenters. The highest BCUT2D eigenvalue weighted by Gasteiger charge is 2.21. The van der Waals surface area contributed by atoms with Gasteiger partial charge in [-0.1, -0.05) is 18.2 Å². The normalized spacial score (nSPS) is 12.2. The smallest absolute Gasteiger partial charge is 0.218 e. The van der Waals surface area contributed by atoms with Crippen LogP contribution in [-0.4, -0.2) is 19.1 Å². The van der Waals surface area contributed by atoms with E-state index >= 15 is 0 Å². The third-order valence-electron chi connectivity index (χ3n) is 2.89. The fraction of sp³-hybridized carbons (Fsp3) is 0.214. The second kappa shape index (κ2) is 6.12. The van der Waals surface area contributed by atoms with E-state index < -0.39 is 0 Å². The summed E-state index contributed by atoms with van der Waals surface area (Å²) < 4.78 is 19.9. The molecule has 1 aromatic heterocycles. The summed E-state index contributed by atoms with van der Waals surface area (Å²) in [4.78, 5) is 4.15. The number of rotatable bonds is 4. The van der Waals surface area contributed by atoms with Gasteiger partial charge in [-0.05, 0) is 35.1 Å². The fourth-order valence-electron chi connectivity index (χ4n) is 2.02. The van der Waals surface area contributed by atoms with Crippen LogP contribution in [0.25, 0.3) is 0 Å². The molecule has 2 aromatic rings. The predicted molar refractivity (Wildman–Crippen MR) is 75.8 cm³/mol. The Morgan fingerprint density at radius 2 is 2.00 bits per heavy atom. The highest BCUT2D eigenvalue weighted by atomic mass is 79.9. The molecule has 1 N–H and O–H groups in total. The van der Waals surface area contributed by atoms with Crippen molar-refractivity contribution in [1.82, 2.24) is 10.3 Å². The van der Waals surface area contributed by atoms with Crippen molar-refractivity contribution >= 4 is 15.9 Å². The molecule has 1 aromatic carbocycles. The first-order valence-electron chi connectivity index (χ1n) is 5.79. The van der Waals surface area contributed by atoms with Gasteiger partial charge in [0, 0.05) is 17.3 Å². The van der Waals surface area contributed by atoms with E-state index in [1.807, 2.05) is 6.07 Å². The fourth-order valence-corrected chi connectivity index (χ4v) is 2.40. The van der Waals surface area contributed by atoms with Gasteiger partial charge >= 0.3 is 0 Å². The Bertz CT molecular complexity index is 577. The second-order valence-corrected chi connectivity index (χ2v) is 4.82. The molecule has 0 bridgehead atoms. The summed E-state index contributed by atoms with van der Waals surface area (Å²) >= 11 is 3.20. The molecular formula is C14H14BrFN2O. The van der Waals surface area contributed by atoms with Crippen LogP contribution in [0.5, 0.6) is 5.88 Å². The maximum atomic E-state index is 14.2. The Labute approximate surface area is 119 Å². The number of hydrogen-bond donors (Lipinski definition) is 1. The molecule has 0 saturated carbocycles. The van der Waals surface area contributed by atoms with Crippen molar-refractivity contribution in [2.45, 2.75) is 6.04 Å². The van der Waals surface area contributed by atoms with E-state index in [9.17, 15) is 4.39 Å². The van der Waals surface area contributed by atoms with Crippen molar-refractivity contribution in [3.05, 3.63) is 57.9 Å². The molecule has 100 valence electrons. The van der Waals surface area contributed by atoms with Gasteiger partial charge in [-0.3, -0.25) is 0 Å². The van der Waals surface area contributed by atoms with Gasteiger partial charge in [0.2, 0.25) is 5.88 Å². The van der Waals surface area contributed by atoms with Crippen LogP contribution in [-0.2, 0) is 0 Å². The standard InChI is InChI=1S/C14H14BrFN2O/c1-17-13(9-5-3-7-11(15)12(9)16)10-6-4-8-18-14(10)19-2/h3-8,13,17H,1-2H3. The number of hydrogen-bond acceptors (Lipinski definition) is 3. The lowest BCUT2D eigenvalue weighted by atomic mass is 9.99. The Hall–Kier alpha value is -1.46. The number of benzene rings is 1. The summed E-state index contributed by atoms with van der Waals surface area (Å²) in [6.07, 6.45) is 1.65. The van der Waals surface area contributed by atoms with Gasteiger partial charge in [-0.25, -0.2) is 9.37 Å². The second-order valence-electron chi connectivity index (χ2n) is 3.97. The maximum absolute atomic E-state index is 14.2. The first-order valence-corrected chi connectivity index (χ1v) is 6.58. The lowest BCUT2D eigenvalue weighted by molar-refractivity contribution is 0.387. The summed E-state index contributed by atoms with van der Waals surface area (Å²) in [6.45, 7) is 0. The molecule has 0 spiro atoms. The zero-order chi connectivity index (χ0) is 13.8. The predicted octanol–water partition coefficient (Wildman–Crippen LogP) is 3.30. The number of halogens is 2. The number of nitrogens with one attached hydrogen (secondary N) is 1. The Morgan fingerprint density at radius 3 is 2.68 bits per heavy atom. The average Bonchev–Trinajstić information content (AvgIpc) is 2.45. The van der Waals surface area contributed by atoms with Crippen molar-refractivity contribution in [3.8, 4) is 5.88 Å². The lowest BCUT2D eigenvalue weighted by Crippen LogP contribution is -2.20. The molecule has 0 radical (unpaired) electrons. The van der Waals surface area contributed by atoms with Crippen LogP contribution in [0, 0.1) is 5.82 Å². The quantitative estimate of drug-likeness (QED) is 0.937. The number of methoxy groups -OCH3 is 1. The van der Waals surface area contributed by atoms with E-state index in [2.05, 4.69) is 26.2 Å². The Kier molecular flexibility index (Phi) is 4.50. The van der Waals surface area contributed by atoms with Gasteiger partial charge in [-0.15, -0.1) is 0 Å². The molecule has 0 saturated heterocycles. The molecule has 1 heterocycles. The number of nitrogens with zero attached hydrogens (tertiary/aromatic N) is 1. The molecule has 0 aliphatic rings. The van der Waals surface area contributed by atoms with Gasteiger partial charge in [0.05, 0.1) is 17.6 Å². The molecule has 0 aliphatic carbocycles. The van der Waals surface area contributed by atoms with Gasteiger partial charge in [0.25, 0.3) is 0 Å². The zero-order valence-corrected chi connectivity index (χ0v) is 12.2. The van der Waals surface area contributed by atoms with Crippen LogP contribution >= 0.6 is 15.9 Å². The first-order chi connectivity index (χ1) is 9.19. The summed E-state index contributed by atoms with van der Waals surface area (Å²) in [7, 11) is 3.33. The number of ether oxygens (including phenoxy) is 1. The van der Waals surface area contributed by atoms with Crippen LogP contribution in [0.2, 0.25) is 0 Å². The average molecular weight is 325 g/mol. The highest BCUT2D eigenvalue weighted by molar-refractivity contribution is 9.10. The van der Waals surface area contributed by atoms with E-state index in [0.29, 0.717) is 15.9 Å². The van der Waals surface area contributed by atoms with E-state index in [1.165, 1.54) is 0 Å². The summed E-state index contributed by atoms with van der Waals surface area (Å²) in [5.74, 6) is 0.203. The monoisotopic (exact) mass is 324 g/mol. The highest BCUT2D eigenvalue weighted by Crippen LogP contribution is 2.31. The minimum Gasteiger partial charge on any atom is -0.481 e. The minimum absolute atomic E-state index is 0.284. The summed E-state index contributed by atoms with van der Waals surface area (Å²) in [5, 5.41) is 3.10. The van der Waals surface area contributed by atoms with Gasteiger partial charge in [-0.2, -0.15) is 0 Å². The molecule has 5 heteroatoms. The molecule has 3 nitrogen and oxygen atoms in total. The van der Waals surface area contributed by atoms with Gasteiger partial charge in [0.1, 0.15) is 5.82 Å². The third-order valence-corrected chi connectivity index (χ3v) is 3.50. The molecule has 19 heavy (non-hydrogen) atoms. The van der Waals surface area contributed by atoms with Crippen molar-refractivity contribution in [2.75, 3.05) is 14.2 Å². The molecular weight excluding hydrogens is 311 g/mol. The Balaban J connectivity index is 2.53. The van der Waals surface area contributed by atoms with Crippen molar-refractivity contribution in [2.24, 2.45) is 0 Å². The van der Waals surface area contributed by atoms with Crippen molar-refractivity contribution in [3.63, 3.8) is 0 Å². The summed E-state index contributed by atoms with van der Waals surface area (Å²) in [6, 6.07) is 8.57. The van der Waals surface area contributed by atoms with E-state index in [1.54, 1.807) is 44.6 Å². The van der Waals surface area contributed by atoms with Crippen LogP contribution in [0.3, 0.4) is 0 Å². The van der Waals surface area contributed by atoms with Crippen LogP contribution in [0.1, 0.15) is 17.2 Å². The molecule has 1 atom stereocenters. The molecule has 0 amide bonds. The SMILES string of the molecule is CNC(c1cccnc1OC)c1cccc(Br)c1F. The minimum atomic E-state index is -0.318. The zero-order valence-electron chi connectivity index (χ0n) is 10.7. The molecule has 2 rings (SSSR count).